The van der Waals surface area contributed by atoms with Crippen molar-refractivity contribution in [2.45, 2.75) is 32.7 Å². The average Bonchev–Trinajstić information content (AvgIpc) is 2.90. The van der Waals surface area contributed by atoms with Gasteiger partial charge in [-0.1, -0.05) is 19.9 Å². The molecule has 102 valence electrons. The van der Waals surface area contributed by atoms with Gasteiger partial charge in [-0.15, -0.1) is 0 Å². The Morgan fingerprint density at radius 3 is 2.95 bits per heavy atom. The molecule has 0 amide bonds. The molecule has 19 heavy (non-hydrogen) atoms. The molecule has 0 radical (unpaired) electrons. The minimum Gasteiger partial charge on any atom is -0.370 e. The van der Waals surface area contributed by atoms with E-state index in [2.05, 4.69) is 36.2 Å². The number of rotatable bonds is 5. The lowest BCUT2D eigenvalue weighted by Gasteiger charge is -2.29. The molecule has 0 bridgehead atoms. The zero-order valence-corrected chi connectivity index (χ0v) is 11.9. The molecule has 1 aromatic carbocycles. The first-order valence-corrected chi connectivity index (χ1v) is 7.17. The summed E-state index contributed by atoms with van der Waals surface area (Å²) in [6.45, 7) is 7.69. The summed E-state index contributed by atoms with van der Waals surface area (Å²) >= 11 is 0. The SMILES string of the molecule is CC(C)CN(CC1CCCN1)c1cccc(C#N)c1. The molecular formula is C16H23N3. The largest absolute Gasteiger partial charge is 0.370 e. The van der Waals surface area contributed by atoms with Gasteiger partial charge < -0.3 is 10.2 Å². The molecule has 1 atom stereocenters. The summed E-state index contributed by atoms with van der Waals surface area (Å²) in [4.78, 5) is 2.41. The molecule has 1 aromatic rings. The fourth-order valence-electron chi connectivity index (χ4n) is 2.68. The standard InChI is InChI=1S/C16H23N3/c1-13(2)11-19(12-15-6-4-8-18-15)16-7-3-5-14(9-16)10-17/h3,5,7,9,13,15,18H,4,6,8,11-12H2,1-2H3. The Kier molecular flexibility index (Phi) is 4.81. The van der Waals surface area contributed by atoms with Gasteiger partial charge in [0.05, 0.1) is 11.6 Å². The molecule has 0 aromatic heterocycles. The predicted octanol–water partition coefficient (Wildman–Crippen LogP) is 2.77. The van der Waals surface area contributed by atoms with E-state index in [0.717, 1.165) is 25.2 Å². The van der Waals surface area contributed by atoms with Gasteiger partial charge in [0.15, 0.2) is 0 Å². The zero-order chi connectivity index (χ0) is 13.7. The number of nitriles is 1. The lowest BCUT2D eigenvalue weighted by atomic mass is 10.1. The highest BCUT2D eigenvalue weighted by molar-refractivity contribution is 5.51. The lowest BCUT2D eigenvalue weighted by molar-refractivity contribution is 0.541. The van der Waals surface area contributed by atoms with E-state index in [1.165, 1.54) is 18.5 Å². The van der Waals surface area contributed by atoms with Crippen LogP contribution in [0.25, 0.3) is 0 Å². The van der Waals surface area contributed by atoms with Gasteiger partial charge in [-0.2, -0.15) is 5.26 Å². The summed E-state index contributed by atoms with van der Waals surface area (Å²) in [5.74, 6) is 0.618. The molecule has 2 rings (SSSR count). The third-order valence-corrected chi connectivity index (χ3v) is 3.53. The molecule has 1 aliphatic rings. The molecular weight excluding hydrogens is 234 g/mol. The molecule has 0 spiro atoms. The summed E-state index contributed by atoms with van der Waals surface area (Å²) < 4.78 is 0. The van der Waals surface area contributed by atoms with Crippen LogP contribution in [-0.2, 0) is 0 Å². The first kappa shape index (κ1) is 13.9. The van der Waals surface area contributed by atoms with Crippen molar-refractivity contribution in [3.8, 4) is 6.07 Å². The van der Waals surface area contributed by atoms with Gasteiger partial charge in [-0.25, -0.2) is 0 Å². The van der Waals surface area contributed by atoms with Crippen LogP contribution in [0, 0.1) is 17.2 Å². The van der Waals surface area contributed by atoms with Crippen molar-refractivity contribution in [3.63, 3.8) is 0 Å². The van der Waals surface area contributed by atoms with E-state index < -0.39 is 0 Å². The minimum atomic E-state index is 0.587. The van der Waals surface area contributed by atoms with Crippen molar-refractivity contribution in [1.29, 1.82) is 5.26 Å². The van der Waals surface area contributed by atoms with Crippen molar-refractivity contribution >= 4 is 5.69 Å². The fourth-order valence-corrected chi connectivity index (χ4v) is 2.68. The molecule has 3 nitrogen and oxygen atoms in total. The van der Waals surface area contributed by atoms with Gasteiger partial charge in [-0.05, 0) is 43.5 Å². The summed E-state index contributed by atoms with van der Waals surface area (Å²) in [7, 11) is 0. The molecule has 1 saturated heterocycles. The van der Waals surface area contributed by atoms with Crippen LogP contribution >= 0.6 is 0 Å². The van der Waals surface area contributed by atoms with E-state index in [4.69, 9.17) is 5.26 Å². The Bertz CT molecular complexity index is 442. The Morgan fingerprint density at radius 2 is 2.32 bits per heavy atom. The topological polar surface area (TPSA) is 39.1 Å². The highest BCUT2D eigenvalue weighted by atomic mass is 15.2. The van der Waals surface area contributed by atoms with Crippen molar-refractivity contribution in [1.82, 2.24) is 5.32 Å². The second-order valence-electron chi connectivity index (χ2n) is 5.75. The van der Waals surface area contributed by atoms with E-state index in [0.29, 0.717) is 12.0 Å². The van der Waals surface area contributed by atoms with E-state index in [9.17, 15) is 0 Å². The van der Waals surface area contributed by atoms with Gasteiger partial charge in [0, 0.05) is 24.8 Å². The van der Waals surface area contributed by atoms with E-state index in [1.54, 1.807) is 0 Å². The van der Waals surface area contributed by atoms with E-state index in [-0.39, 0.29) is 0 Å². The summed E-state index contributed by atoms with van der Waals surface area (Å²) in [5, 5.41) is 12.6. The fraction of sp³-hybridized carbons (Fsp3) is 0.562. The zero-order valence-electron chi connectivity index (χ0n) is 11.9. The monoisotopic (exact) mass is 257 g/mol. The van der Waals surface area contributed by atoms with E-state index >= 15 is 0 Å². The summed E-state index contributed by atoms with van der Waals surface area (Å²) in [6, 6.07) is 10.8. The third-order valence-electron chi connectivity index (χ3n) is 3.53. The molecule has 1 N–H and O–H groups in total. The second kappa shape index (κ2) is 6.58. The first-order chi connectivity index (χ1) is 9.19. The molecule has 1 fully saturated rings. The van der Waals surface area contributed by atoms with Crippen LogP contribution in [0.1, 0.15) is 32.3 Å². The van der Waals surface area contributed by atoms with Crippen LogP contribution in [0.4, 0.5) is 5.69 Å². The molecule has 3 heteroatoms. The van der Waals surface area contributed by atoms with Crippen LogP contribution in [0.3, 0.4) is 0 Å². The van der Waals surface area contributed by atoms with Crippen LogP contribution in [0.2, 0.25) is 0 Å². The van der Waals surface area contributed by atoms with Crippen molar-refractivity contribution in [3.05, 3.63) is 29.8 Å². The van der Waals surface area contributed by atoms with E-state index in [1.807, 2.05) is 18.2 Å². The minimum absolute atomic E-state index is 0.587. The first-order valence-electron chi connectivity index (χ1n) is 7.17. The third kappa shape index (κ3) is 3.97. The molecule has 0 aliphatic carbocycles. The van der Waals surface area contributed by atoms with Crippen LogP contribution in [-0.4, -0.2) is 25.7 Å². The van der Waals surface area contributed by atoms with Crippen molar-refractivity contribution in [2.75, 3.05) is 24.5 Å². The molecule has 1 aliphatic heterocycles. The van der Waals surface area contributed by atoms with Gasteiger partial charge in [-0.3, -0.25) is 0 Å². The van der Waals surface area contributed by atoms with Gasteiger partial charge in [0.25, 0.3) is 0 Å². The molecule has 1 heterocycles. The molecule has 1 unspecified atom stereocenters. The van der Waals surface area contributed by atoms with Crippen molar-refractivity contribution < 1.29 is 0 Å². The van der Waals surface area contributed by atoms with Gasteiger partial charge >= 0.3 is 0 Å². The Balaban J connectivity index is 2.13. The number of anilines is 1. The predicted molar refractivity (Wildman–Crippen MR) is 79.2 cm³/mol. The Labute approximate surface area is 116 Å². The number of benzene rings is 1. The van der Waals surface area contributed by atoms with Gasteiger partial charge in [0.1, 0.15) is 0 Å². The van der Waals surface area contributed by atoms with Gasteiger partial charge in [0.2, 0.25) is 0 Å². The Morgan fingerprint density at radius 1 is 1.47 bits per heavy atom. The maximum Gasteiger partial charge on any atom is 0.0992 e. The van der Waals surface area contributed by atoms with Crippen LogP contribution < -0.4 is 10.2 Å². The number of hydrogen-bond donors (Lipinski definition) is 1. The highest BCUT2D eigenvalue weighted by Crippen LogP contribution is 2.19. The van der Waals surface area contributed by atoms with Crippen LogP contribution in [0.15, 0.2) is 24.3 Å². The average molecular weight is 257 g/mol. The van der Waals surface area contributed by atoms with Crippen LogP contribution in [0.5, 0.6) is 0 Å². The second-order valence-corrected chi connectivity index (χ2v) is 5.75. The Hall–Kier alpha value is -1.53. The number of nitrogens with zero attached hydrogens (tertiary/aromatic N) is 2. The number of nitrogens with one attached hydrogen (secondary N) is 1. The summed E-state index contributed by atoms with van der Waals surface area (Å²) in [5.41, 5.74) is 1.91. The van der Waals surface area contributed by atoms with Crippen molar-refractivity contribution in [2.24, 2.45) is 5.92 Å². The lowest BCUT2D eigenvalue weighted by Crippen LogP contribution is -2.39. The quantitative estimate of drug-likeness (QED) is 0.881. The summed E-state index contributed by atoms with van der Waals surface area (Å²) in [6.07, 6.45) is 2.53. The number of hydrogen-bond acceptors (Lipinski definition) is 3. The highest BCUT2D eigenvalue weighted by Gasteiger charge is 2.19. The molecule has 0 saturated carbocycles. The maximum absolute atomic E-state index is 9.03. The normalized spacial score (nSPS) is 18.5. The smallest absolute Gasteiger partial charge is 0.0992 e. The maximum atomic E-state index is 9.03.